The number of thiazole rings is 1. The first-order valence-electron chi connectivity index (χ1n) is 6.34. The van der Waals surface area contributed by atoms with Crippen molar-refractivity contribution in [2.24, 2.45) is 0 Å². The standard InChI is InChI=1S/C13H15N3O2S2/c1-8-7-15-10(17)9(6-14-12(15)20-8)11(18)16-4-5-19-13(16,2)3/h6-7H,4-5H2,1-3H3. The van der Waals surface area contributed by atoms with Gasteiger partial charge in [-0.25, -0.2) is 4.98 Å². The summed E-state index contributed by atoms with van der Waals surface area (Å²) in [5, 5.41) is 0. The molecule has 0 N–H and O–H groups in total. The highest BCUT2D eigenvalue weighted by Crippen LogP contribution is 2.35. The minimum absolute atomic E-state index is 0.149. The van der Waals surface area contributed by atoms with E-state index >= 15 is 0 Å². The Labute approximate surface area is 124 Å². The maximum atomic E-state index is 12.6. The van der Waals surface area contributed by atoms with Crippen LogP contribution in [0, 0.1) is 6.92 Å². The highest BCUT2D eigenvalue weighted by Gasteiger charge is 2.37. The van der Waals surface area contributed by atoms with Gasteiger partial charge in [-0.2, -0.15) is 0 Å². The average Bonchev–Trinajstić information content (AvgIpc) is 2.91. The number of thioether (sulfide) groups is 1. The summed E-state index contributed by atoms with van der Waals surface area (Å²) >= 11 is 3.16. The Morgan fingerprint density at radius 3 is 2.85 bits per heavy atom. The maximum absolute atomic E-state index is 12.6. The summed E-state index contributed by atoms with van der Waals surface area (Å²) in [5.74, 6) is 0.670. The lowest BCUT2D eigenvalue weighted by Crippen LogP contribution is -2.43. The predicted octanol–water partition coefficient (Wildman–Crippen LogP) is 1.99. The predicted molar refractivity (Wildman–Crippen MR) is 81.6 cm³/mol. The van der Waals surface area contributed by atoms with E-state index in [0.717, 1.165) is 10.6 Å². The highest BCUT2D eigenvalue weighted by molar-refractivity contribution is 8.00. The van der Waals surface area contributed by atoms with Crippen LogP contribution in [0.1, 0.15) is 29.1 Å². The molecular weight excluding hydrogens is 294 g/mol. The molecule has 1 fully saturated rings. The van der Waals surface area contributed by atoms with Gasteiger partial charge in [0, 0.05) is 29.6 Å². The molecule has 1 amide bonds. The van der Waals surface area contributed by atoms with Gasteiger partial charge in [0.05, 0.1) is 4.87 Å². The van der Waals surface area contributed by atoms with Crippen molar-refractivity contribution in [3.8, 4) is 0 Å². The third-order valence-electron chi connectivity index (χ3n) is 3.42. The number of amides is 1. The van der Waals surface area contributed by atoms with E-state index in [-0.39, 0.29) is 21.9 Å². The van der Waals surface area contributed by atoms with Crippen LogP contribution in [0.2, 0.25) is 0 Å². The molecule has 0 saturated carbocycles. The average molecular weight is 309 g/mol. The van der Waals surface area contributed by atoms with Gasteiger partial charge in [0.1, 0.15) is 5.56 Å². The monoisotopic (exact) mass is 309 g/mol. The number of carbonyl (C=O) groups excluding carboxylic acids is 1. The van der Waals surface area contributed by atoms with Gasteiger partial charge in [0.25, 0.3) is 11.5 Å². The van der Waals surface area contributed by atoms with E-state index < -0.39 is 0 Å². The van der Waals surface area contributed by atoms with Crippen LogP contribution < -0.4 is 5.56 Å². The van der Waals surface area contributed by atoms with E-state index in [9.17, 15) is 9.59 Å². The Bertz CT molecular complexity index is 748. The van der Waals surface area contributed by atoms with Crippen LogP contribution in [0.5, 0.6) is 0 Å². The fourth-order valence-corrected chi connectivity index (χ4v) is 4.26. The smallest absolute Gasteiger partial charge is 0.271 e. The van der Waals surface area contributed by atoms with Gasteiger partial charge in [-0.15, -0.1) is 23.1 Å². The van der Waals surface area contributed by atoms with Crippen molar-refractivity contribution in [1.29, 1.82) is 0 Å². The number of nitrogens with zero attached hydrogens (tertiary/aromatic N) is 3. The number of aromatic nitrogens is 2. The van der Waals surface area contributed by atoms with Gasteiger partial charge in [0.15, 0.2) is 4.96 Å². The first-order valence-corrected chi connectivity index (χ1v) is 8.14. The van der Waals surface area contributed by atoms with Crippen molar-refractivity contribution in [3.05, 3.63) is 33.2 Å². The maximum Gasteiger partial charge on any atom is 0.271 e. The molecule has 1 saturated heterocycles. The zero-order valence-corrected chi connectivity index (χ0v) is 13.2. The molecule has 7 heteroatoms. The van der Waals surface area contributed by atoms with E-state index in [0.29, 0.717) is 11.5 Å². The number of aryl methyl sites for hydroxylation is 1. The minimum Gasteiger partial charge on any atom is -0.323 e. The van der Waals surface area contributed by atoms with Crippen LogP contribution in [-0.4, -0.2) is 37.4 Å². The molecule has 2 aromatic heterocycles. The number of carbonyl (C=O) groups is 1. The number of rotatable bonds is 1. The van der Waals surface area contributed by atoms with Crippen molar-refractivity contribution in [3.63, 3.8) is 0 Å². The van der Waals surface area contributed by atoms with Crippen molar-refractivity contribution in [1.82, 2.24) is 14.3 Å². The van der Waals surface area contributed by atoms with Gasteiger partial charge < -0.3 is 4.90 Å². The molecule has 1 aliphatic heterocycles. The molecule has 0 aromatic carbocycles. The normalized spacial score (nSPS) is 17.9. The zero-order chi connectivity index (χ0) is 14.5. The van der Waals surface area contributed by atoms with Crippen LogP contribution in [0.25, 0.3) is 4.96 Å². The Balaban J connectivity index is 2.08. The number of fused-ring (bicyclic) bond motifs is 1. The van der Waals surface area contributed by atoms with E-state index in [1.807, 2.05) is 20.8 Å². The van der Waals surface area contributed by atoms with Crippen LogP contribution in [0.4, 0.5) is 0 Å². The van der Waals surface area contributed by atoms with E-state index in [4.69, 9.17) is 0 Å². The summed E-state index contributed by atoms with van der Waals surface area (Å²) in [5.41, 5.74) is -0.132. The molecule has 0 radical (unpaired) electrons. The quantitative estimate of drug-likeness (QED) is 0.808. The summed E-state index contributed by atoms with van der Waals surface area (Å²) in [4.78, 5) is 32.4. The first-order chi connectivity index (χ1) is 9.40. The molecule has 0 atom stereocenters. The summed E-state index contributed by atoms with van der Waals surface area (Å²) < 4.78 is 1.46. The highest BCUT2D eigenvalue weighted by atomic mass is 32.2. The molecule has 0 unspecified atom stereocenters. The van der Waals surface area contributed by atoms with Gasteiger partial charge in [-0.05, 0) is 20.8 Å². The Morgan fingerprint density at radius 2 is 2.20 bits per heavy atom. The van der Waals surface area contributed by atoms with E-state index in [2.05, 4.69) is 4.98 Å². The van der Waals surface area contributed by atoms with Gasteiger partial charge >= 0.3 is 0 Å². The second kappa shape index (κ2) is 4.60. The van der Waals surface area contributed by atoms with Crippen molar-refractivity contribution < 1.29 is 4.79 Å². The molecule has 5 nitrogen and oxygen atoms in total. The molecule has 1 aliphatic rings. The molecule has 0 bridgehead atoms. The lowest BCUT2D eigenvalue weighted by atomic mass is 10.2. The Morgan fingerprint density at radius 1 is 1.45 bits per heavy atom. The third-order valence-corrected chi connectivity index (χ3v) is 5.64. The lowest BCUT2D eigenvalue weighted by molar-refractivity contribution is 0.0705. The van der Waals surface area contributed by atoms with Crippen molar-refractivity contribution >= 4 is 34.0 Å². The first kappa shape index (κ1) is 13.6. The SMILES string of the molecule is Cc1cn2c(=O)c(C(=O)N3CCSC3(C)C)cnc2s1. The molecule has 2 aromatic rings. The molecule has 106 valence electrons. The lowest BCUT2D eigenvalue weighted by Gasteiger charge is -2.30. The summed E-state index contributed by atoms with van der Waals surface area (Å²) in [6.45, 7) is 6.59. The second-order valence-corrected chi connectivity index (χ2v) is 8.13. The van der Waals surface area contributed by atoms with Crippen molar-refractivity contribution in [2.75, 3.05) is 12.3 Å². The van der Waals surface area contributed by atoms with Crippen LogP contribution in [-0.2, 0) is 0 Å². The zero-order valence-electron chi connectivity index (χ0n) is 11.5. The molecule has 3 rings (SSSR count). The summed E-state index contributed by atoms with van der Waals surface area (Å²) in [6.07, 6.45) is 3.14. The topological polar surface area (TPSA) is 54.7 Å². The fourth-order valence-electron chi connectivity index (χ4n) is 2.37. The van der Waals surface area contributed by atoms with E-state index in [1.165, 1.54) is 21.9 Å². The molecule has 3 heterocycles. The van der Waals surface area contributed by atoms with Crippen LogP contribution in [0.15, 0.2) is 17.2 Å². The Hall–Kier alpha value is -1.34. The molecular formula is C13H15N3O2S2. The third kappa shape index (κ3) is 2.05. The second-order valence-electron chi connectivity index (χ2n) is 5.22. The molecule has 0 spiro atoms. The summed E-state index contributed by atoms with van der Waals surface area (Å²) in [7, 11) is 0. The van der Waals surface area contributed by atoms with Gasteiger partial charge in [-0.3, -0.25) is 14.0 Å². The van der Waals surface area contributed by atoms with Crippen molar-refractivity contribution in [2.45, 2.75) is 25.6 Å². The molecule has 20 heavy (non-hydrogen) atoms. The van der Waals surface area contributed by atoms with E-state index in [1.54, 1.807) is 22.9 Å². The largest absolute Gasteiger partial charge is 0.323 e. The van der Waals surface area contributed by atoms with Gasteiger partial charge in [0.2, 0.25) is 0 Å². The fraction of sp³-hybridized carbons (Fsp3) is 0.462. The Kier molecular flexibility index (Phi) is 3.13. The van der Waals surface area contributed by atoms with Crippen LogP contribution >= 0.6 is 23.1 Å². The molecule has 0 aliphatic carbocycles. The minimum atomic E-state index is -0.281. The summed E-state index contributed by atoms with van der Waals surface area (Å²) in [6, 6.07) is 0. The number of hydrogen-bond donors (Lipinski definition) is 0. The number of hydrogen-bond acceptors (Lipinski definition) is 5. The van der Waals surface area contributed by atoms with Gasteiger partial charge in [-0.1, -0.05) is 0 Å². The van der Waals surface area contributed by atoms with Crippen LogP contribution in [0.3, 0.4) is 0 Å².